The van der Waals surface area contributed by atoms with E-state index in [4.69, 9.17) is 9.47 Å². The summed E-state index contributed by atoms with van der Waals surface area (Å²) in [5.74, 6) is -0.0689. The number of ether oxygens (including phenoxy) is 2. The van der Waals surface area contributed by atoms with E-state index < -0.39 is 5.97 Å². The number of carbonyl (C=O) groups is 2. The molecule has 1 aromatic carbocycles. The van der Waals surface area contributed by atoms with Crippen LogP contribution in [0.15, 0.2) is 24.3 Å². The third kappa shape index (κ3) is 5.72. The first kappa shape index (κ1) is 23.2. The maximum atomic E-state index is 12.4. The first-order chi connectivity index (χ1) is 13.5. The molecule has 0 saturated heterocycles. The number of hydrogen-bond donors (Lipinski definition) is 1. The molecule has 0 atom stereocenters. The number of aryl methyl sites for hydroxylation is 1. The largest absolute Gasteiger partial charge is 0.484 e. The summed E-state index contributed by atoms with van der Waals surface area (Å²) in [6, 6.07) is 7.51. The molecule has 1 N–H and O–H groups in total. The zero-order valence-electron chi connectivity index (χ0n) is 16.9. The van der Waals surface area contributed by atoms with Crippen LogP contribution in [0.25, 0.3) is 0 Å². The molecule has 0 spiro atoms. The number of thiophene rings is 1. The Morgan fingerprint density at radius 2 is 1.97 bits per heavy atom. The van der Waals surface area contributed by atoms with Gasteiger partial charge in [-0.05, 0) is 44.0 Å². The molecule has 0 saturated carbocycles. The van der Waals surface area contributed by atoms with Crippen LogP contribution in [0, 0.1) is 6.92 Å². The highest BCUT2D eigenvalue weighted by atomic mass is 35.5. The van der Waals surface area contributed by atoms with E-state index in [0.717, 1.165) is 48.5 Å². The number of carbonyl (C=O) groups excluding carboxylic acids is 2. The second-order valence-corrected chi connectivity index (χ2v) is 7.98. The molecule has 29 heavy (non-hydrogen) atoms. The number of hydrogen-bond acceptors (Lipinski definition) is 6. The molecule has 0 bridgehead atoms. The Hall–Kier alpha value is -2.09. The van der Waals surface area contributed by atoms with Crippen molar-refractivity contribution in [2.24, 2.45) is 0 Å². The van der Waals surface area contributed by atoms with Crippen molar-refractivity contribution >= 4 is 40.6 Å². The van der Waals surface area contributed by atoms with Crippen molar-refractivity contribution in [2.45, 2.75) is 33.2 Å². The van der Waals surface area contributed by atoms with E-state index in [1.807, 2.05) is 31.2 Å². The van der Waals surface area contributed by atoms with E-state index in [-0.39, 0.29) is 24.9 Å². The summed E-state index contributed by atoms with van der Waals surface area (Å²) >= 11 is 1.46. The zero-order valence-corrected chi connectivity index (χ0v) is 18.6. The minimum atomic E-state index is -0.406. The number of nitrogens with one attached hydrogen (secondary N) is 1. The fraction of sp³-hybridized carbons (Fsp3) is 0.429. The number of amides is 1. The summed E-state index contributed by atoms with van der Waals surface area (Å²) < 4.78 is 10.5. The number of halogens is 1. The van der Waals surface area contributed by atoms with Gasteiger partial charge < -0.3 is 14.8 Å². The number of anilines is 1. The monoisotopic (exact) mass is 438 g/mol. The van der Waals surface area contributed by atoms with Crippen LogP contribution >= 0.6 is 23.7 Å². The lowest BCUT2D eigenvalue weighted by Gasteiger charge is -2.26. The second-order valence-electron chi connectivity index (χ2n) is 6.88. The molecule has 1 amide bonds. The summed E-state index contributed by atoms with van der Waals surface area (Å²) in [5.41, 5.74) is 2.61. The van der Waals surface area contributed by atoms with Crippen LogP contribution in [0.4, 0.5) is 5.00 Å². The quantitative estimate of drug-likeness (QED) is 0.660. The van der Waals surface area contributed by atoms with Gasteiger partial charge in [-0.1, -0.05) is 24.6 Å². The molecule has 0 unspecified atom stereocenters. The third-order valence-electron chi connectivity index (χ3n) is 4.71. The van der Waals surface area contributed by atoms with Crippen molar-refractivity contribution in [1.29, 1.82) is 0 Å². The van der Waals surface area contributed by atoms with Gasteiger partial charge in [0, 0.05) is 18.0 Å². The fourth-order valence-corrected chi connectivity index (χ4v) is 4.61. The number of esters is 1. The van der Waals surface area contributed by atoms with Crippen molar-refractivity contribution in [2.75, 3.05) is 32.1 Å². The highest BCUT2D eigenvalue weighted by Crippen LogP contribution is 2.37. The summed E-state index contributed by atoms with van der Waals surface area (Å²) in [5, 5.41) is 3.40. The second kappa shape index (κ2) is 10.6. The van der Waals surface area contributed by atoms with Gasteiger partial charge in [-0.15, -0.1) is 23.7 Å². The number of fused-ring (bicyclic) bond motifs is 1. The molecular weight excluding hydrogens is 412 g/mol. The van der Waals surface area contributed by atoms with Crippen molar-refractivity contribution in [3.8, 4) is 5.75 Å². The highest BCUT2D eigenvalue weighted by Gasteiger charge is 2.29. The van der Waals surface area contributed by atoms with Crippen LogP contribution in [0.3, 0.4) is 0 Å². The average molecular weight is 439 g/mol. The Bertz CT molecular complexity index is 851. The third-order valence-corrected chi connectivity index (χ3v) is 5.84. The Labute approximate surface area is 181 Å². The topological polar surface area (TPSA) is 67.9 Å². The number of methoxy groups -OCH3 is 1. The Balaban J connectivity index is 0.00000300. The lowest BCUT2D eigenvalue weighted by atomic mass is 10.0. The Kier molecular flexibility index (Phi) is 8.49. The molecule has 0 radical (unpaired) electrons. The molecule has 1 aliphatic rings. The number of rotatable bonds is 7. The van der Waals surface area contributed by atoms with E-state index >= 15 is 0 Å². The van der Waals surface area contributed by atoms with Gasteiger partial charge in [0.15, 0.2) is 6.61 Å². The van der Waals surface area contributed by atoms with Crippen LogP contribution in [0.5, 0.6) is 5.75 Å². The van der Waals surface area contributed by atoms with Gasteiger partial charge in [0.05, 0.1) is 12.7 Å². The molecule has 0 aliphatic carbocycles. The van der Waals surface area contributed by atoms with Gasteiger partial charge in [0.2, 0.25) is 0 Å². The van der Waals surface area contributed by atoms with Gasteiger partial charge in [-0.25, -0.2) is 4.79 Å². The van der Waals surface area contributed by atoms with E-state index in [1.165, 1.54) is 18.4 Å². The maximum Gasteiger partial charge on any atom is 0.341 e. The summed E-state index contributed by atoms with van der Waals surface area (Å²) in [4.78, 5) is 28.2. The molecule has 8 heteroatoms. The minimum absolute atomic E-state index is 0. The van der Waals surface area contributed by atoms with Crippen LogP contribution in [0.2, 0.25) is 0 Å². The van der Waals surface area contributed by atoms with Crippen molar-refractivity contribution in [1.82, 2.24) is 4.90 Å². The van der Waals surface area contributed by atoms with Gasteiger partial charge in [-0.2, -0.15) is 0 Å². The zero-order chi connectivity index (χ0) is 20.1. The molecule has 2 aromatic rings. The molecule has 158 valence electrons. The molecule has 3 rings (SSSR count). The molecule has 1 aromatic heterocycles. The molecule has 1 aliphatic heterocycles. The number of nitrogens with zero attached hydrogens (tertiary/aromatic N) is 1. The van der Waals surface area contributed by atoms with E-state index in [2.05, 4.69) is 17.1 Å². The van der Waals surface area contributed by atoms with Crippen LogP contribution in [-0.4, -0.2) is 43.6 Å². The smallest absolute Gasteiger partial charge is 0.341 e. The molecule has 6 nitrogen and oxygen atoms in total. The number of benzene rings is 1. The first-order valence-corrected chi connectivity index (χ1v) is 10.3. The SMILES string of the molecule is CCCN1CCc2c(sc(NC(=O)COc3ccc(C)cc3)c2C(=O)OC)C1.Cl. The van der Waals surface area contributed by atoms with E-state index in [9.17, 15) is 9.59 Å². The molecule has 2 heterocycles. The van der Waals surface area contributed by atoms with Gasteiger partial charge in [0.25, 0.3) is 5.91 Å². The molecule has 0 fully saturated rings. The highest BCUT2D eigenvalue weighted by molar-refractivity contribution is 7.17. The normalized spacial score (nSPS) is 13.2. The molecular formula is C21H27ClN2O4S. The summed E-state index contributed by atoms with van der Waals surface area (Å²) in [7, 11) is 1.37. The van der Waals surface area contributed by atoms with Crippen LogP contribution in [0.1, 0.15) is 39.7 Å². The Morgan fingerprint density at radius 1 is 1.24 bits per heavy atom. The van der Waals surface area contributed by atoms with E-state index in [1.54, 1.807) is 0 Å². The van der Waals surface area contributed by atoms with Crippen molar-refractivity contribution in [3.05, 3.63) is 45.8 Å². The van der Waals surface area contributed by atoms with E-state index in [0.29, 0.717) is 16.3 Å². The summed E-state index contributed by atoms with van der Waals surface area (Å²) in [6.45, 7) is 6.76. The van der Waals surface area contributed by atoms with Crippen LogP contribution in [-0.2, 0) is 22.5 Å². The van der Waals surface area contributed by atoms with Gasteiger partial charge in [0.1, 0.15) is 10.8 Å². The fourth-order valence-electron chi connectivity index (χ4n) is 3.32. The lowest BCUT2D eigenvalue weighted by molar-refractivity contribution is -0.118. The van der Waals surface area contributed by atoms with Crippen molar-refractivity contribution in [3.63, 3.8) is 0 Å². The Morgan fingerprint density at radius 3 is 2.62 bits per heavy atom. The predicted molar refractivity (Wildman–Crippen MR) is 117 cm³/mol. The summed E-state index contributed by atoms with van der Waals surface area (Å²) in [6.07, 6.45) is 1.87. The predicted octanol–water partition coefficient (Wildman–Crippen LogP) is 4.05. The first-order valence-electron chi connectivity index (χ1n) is 9.46. The minimum Gasteiger partial charge on any atom is -0.484 e. The van der Waals surface area contributed by atoms with Gasteiger partial charge >= 0.3 is 5.97 Å². The average Bonchev–Trinajstić information content (AvgIpc) is 3.04. The maximum absolute atomic E-state index is 12.4. The van der Waals surface area contributed by atoms with Gasteiger partial charge in [-0.3, -0.25) is 9.69 Å². The lowest BCUT2D eigenvalue weighted by Crippen LogP contribution is -2.30. The standard InChI is InChI=1S/C21H26N2O4S.ClH/c1-4-10-23-11-9-16-17(12-23)28-20(19(16)21(25)26-3)22-18(24)13-27-15-7-5-14(2)6-8-15;/h5-8H,4,9-13H2,1-3H3,(H,22,24);1H. The van der Waals surface area contributed by atoms with Crippen molar-refractivity contribution < 1.29 is 19.1 Å². The van der Waals surface area contributed by atoms with Crippen LogP contribution < -0.4 is 10.1 Å².